The SMILES string of the molecule is CC(C)(C)c1ccnc(-c2[c-]cccc2)n1.Cc1cc(C(C)(C)C)cc(C)c1-c1ccc(-c2cc(C(C)C)c(-n3c(-c4[c-]ccc5c4oc4cc(-c6ccccc6)ccc45)nc4ccccc43)c(C(C)C)c2)cc1.[Ir]. The Morgan fingerprint density at radius 3 is 1.81 bits per heavy atom. The first-order valence-electron chi connectivity index (χ1n) is 26.1. The Kier molecular flexibility index (Phi) is 14.9. The van der Waals surface area contributed by atoms with Crippen molar-refractivity contribution in [3.63, 3.8) is 0 Å². The van der Waals surface area contributed by atoms with Crippen molar-refractivity contribution < 1.29 is 24.5 Å². The minimum atomic E-state index is 0. The number of aryl methyl sites for hydroxylation is 2. The van der Waals surface area contributed by atoms with Crippen LogP contribution < -0.4 is 0 Å². The van der Waals surface area contributed by atoms with Crippen molar-refractivity contribution in [3.05, 3.63) is 216 Å². The molecule has 6 heteroatoms. The first kappa shape index (κ1) is 52.6. The number of hydrogen-bond donors (Lipinski definition) is 0. The number of para-hydroxylation sites is 2. The van der Waals surface area contributed by atoms with Gasteiger partial charge in [0, 0.05) is 48.5 Å². The fraction of sp³-hybridized carbons (Fsp3) is 0.232. The van der Waals surface area contributed by atoms with Crippen molar-refractivity contribution in [2.75, 3.05) is 0 Å². The van der Waals surface area contributed by atoms with E-state index >= 15 is 0 Å². The molecular formula is C69H66IrN4O-2. The number of fused-ring (bicyclic) bond motifs is 4. The zero-order valence-corrected chi connectivity index (χ0v) is 47.7. The second-order valence-corrected chi connectivity index (χ2v) is 22.5. The van der Waals surface area contributed by atoms with Crippen LogP contribution in [0.3, 0.4) is 0 Å². The number of imidazole rings is 1. The number of aromatic nitrogens is 4. The smallest absolute Gasteiger partial charge is 0.121 e. The standard InChI is InChI=1S/C55H51N2O.C14H15N2.Ir/c1-33(2)46-30-41(38-22-24-39(25-23-38)51-35(5)28-42(29-36(51)6)55(7,8)9)31-47(34(3)4)52(46)57-49-21-14-13-20-48(49)56-54(57)45-19-15-18-44-43-27-26-40(32-50(43)58-53(44)45)37-16-11-10-12-17-37;1-14(2,3)12-9-10-15-13(16-12)11-7-5-4-6-8-11;/h10-18,20-34H,1-9H3;4-7,9-10H,1-3H3;/q2*-1;. The maximum Gasteiger partial charge on any atom is 0.121 e. The molecule has 1 radical (unpaired) electrons. The van der Waals surface area contributed by atoms with Gasteiger partial charge in [-0.15, -0.1) is 54.1 Å². The molecule has 0 fully saturated rings. The minimum Gasteiger partial charge on any atom is -0.501 e. The van der Waals surface area contributed by atoms with E-state index in [-0.39, 0.29) is 42.8 Å². The summed E-state index contributed by atoms with van der Waals surface area (Å²) in [5.41, 5.74) is 21.8. The number of benzene rings is 8. The fourth-order valence-electron chi connectivity index (χ4n) is 10.2. The summed E-state index contributed by atoms with van der Waals surface area (Å²) in [6.07, 6.45) is 1.81. The molecule has 0 saturated heterocycles. The topological polar surface area (TPSA) is 56.7 Å². The van der Waals surface area contributed by atoms with E-state index in [1.165, 1.54) is 55.8 Å². The van der Waals surface area contributed by atoms with Gasteiger partial charge in [0.2, 0.25) is 0 Å². The van der Waals surface area contributed by atoms with E-state index in [2.05, 4.69) is 231 Å². The second-order valence-electron chi connectivity index (χ2n) is 22.5. The van der Waals surface area contributed by atoms with E-state index in [0.29, 0.717) is 0 Å². The zero-order valence-electron chi connectivity index (χ0n) is 45.4. The van der Waals surface area contributed by atoms with Crippen LogP contribution in [0.2, 0.25) is 0 Å². The van der Waals surface area contributed by atoms with Gasteiger partial charge < -0.3 is 8.98 Å². The van der Waals surface area contributed by atoms with Gasteiger partial charge in [0.25, 0.3) is 0 Å². The molecule has 0 aliphatic heterocycles. The van der Waals surface area contributed by atoms with Crippen LogP contribution in [-0.2, 0) is 30.9 Å². The maximum atomic E-state index is 6.81. The molecule has 0 saturated carbocycles. The Bertz CT molecular complexity index is 3760. The van der Waals surface area contributed by atoms with Crippen LogP contribution in [0, 0.1) is 26.0 Å². The van der Waals surface area contributed by atoms with Crippen molar-refractivity contribution in [1.82, 2.24) is 19.5 Å². The molecule has 379 valence electrons. The first-order chi connectivity index (χ1) is 35.4. The monoisotopic (exact) mass is 1160 g/mol. The molecule has 0 atom stereocenters. The summed E-state index contributed by atoms with van der Waals surface area (Å²) in [5.74, 6) is 2.07. The van der Waals surface area contributed by atoms with Crippen LogP contribution >= 0.6 is 0 Å². The van der Waals surface area contributed by atoms with Crippen LogP contribution in [0.5, 0.6) is 0 Å². The van der Waals surface area contributed by atoms with E-state index in [0.717, 1.165) is 72.6 Å². The van der Waals surface area contributed by atoms with Crippen LogP contribution in [-0.4, -0.2) is 19.5 Å². The summed E-state index contributed by atoms with van der Waals surface area (Å²) in [5, 5.41) is 2.14. The Balaban J connectivity index is 0.000000346. The fourth-order valence-corrected chi connectivity index (χ4v) is 10.2. The van der Waals surface area contributed by atoms with Crippen molar-refractivity contribution in [3.8, 4) is 61.8 Å². The molecule has 0 unspecified atom stereocenters. The number of nitrogens with zero attached hydrogens (tertiary/aromatic N) is 4. The number of hydrogen-bond acceptors (Lipinski definition) is 4. The number of rotatable bonds is 8. The van der Waals surface area contributed by atoms with Gasteiger partial charge in [0.05, 0.1) is 28.3 Å². The quantitative estimate of drug-likeness (QED) is 0.142. The Labute approximate surface area is 457 Å². The number of furan rings is 1. The summed E-state index contributed by atoms with van der Waals surface area (Å²) in [6.45, 7) is 27.0. The van der Waals surface area contributed by atoms with Crippen molar-refractivity contribution in [1.29, 1.82) is 0 Å². The van der Waals surface area contributed by atoms with Crippen LogP contribution in [0.25, 0.3) is 94.8 Å². The average molecular weight is 1160 g/mol. The minimum absolute atomic E-state index is 0. The van der Waals surface area contributed by atoms with Gasteiger partial charge in [-0.3, -0.25) is 15.0 Å². The van der Waals surface area contributed by atoms with Gasteiger partial charge in [-0.1, -0.05) is 171 Å². The maximum absolute atomic E-state index is 6.81. The van der Waals surface area contributed by atoms with Gasteiger partial charge in [-0.05, 0) is 129 Å². The molecular weight excluding hydrogens is 1090 g/mol. The third-order valence-electron chi connectivity index (χ3n) is 14.2. The van der Waals surface area contributed by atoms with Gasteiger partial charge in [-0.2, -0.15) is 0 Å². The molecule has 0 spiro atoms. The molecule has 0 N–H and O–H groups in total. The van der Waals surface area contributed by atoms with Crippen molar-refractivity contribution in [2.45, 2.75) is 106 Å². The molecule has 3 aromatic heterocycles. The molecule has 3 heterocycles. The van der Waals surface area contributed by atoms with Crippen LogP contribution in [0.4, 0.5) is 0 Å². The predicted molar refractivity (Wildman–Crippen MR) is 310 cm³/mol. The van der Waals surface area contributed by atoms with Crippen molar-refractivity contribution >= 4 is 33.0 Å². The Hall–Kier alpha value is -7.24. The van der Waals surface area contributed by atoms with Crippen LogP contribution in [0.1, 0.15) is 115 Å². The largest absolute Gasteiger partial charge is 0.501 e. The van der Waals surface area contributed by atoms with Gasteiger partial charge >= 0.3 is 0 Å². The van der Waals surface area contributed by atoms with Gasteiger partial charge in [-0.25, -0.2) is 0 Å². The van der Waals surface area contributed by atoms with Crippen molar-refractivity contribution in [2.24, 2.45) is 0 Å². The second kappa shape index (κ2) is 21.2. The third kappa shape index (κ3) is 10.6. The molecule has 0 amide bonds. The molecule has 11 rings (SSSR count). The van der Waals surface area contributed by atoms with Gasteiger partial charge in [0.1, 0.15) is 5.58 Å². The Morgan fingerprint density at radius 1 is 0.547 bits per heavy atom. The van der Waals surface area contributed by atoms with E-state index < -0.39 is 0 Å². The summed E-state index contributed by atoms with van der Waals surface area (Å²) < 4.78 is 9.19. The van der Waals surface area contributed by atoms with E-state index in [1.54, 1.807) is 0 Å². The molecule has 0 bridgehead atoms. The summed E-state index contributed by atoms with van der Waals surface area (Å²) in [6, 6.07) is 64.8. The molecule has 0 aliphatic carbocycles. The normalized spacial score (nSPS) is 11.9. The summed E-state index contributed by atoms with van der Waals surface area (Å²) >= 11 is 0. The van der Waals surface area contributed by atoms with Crippen LogP contribution in [0.15, 0.2) is 174 Å². The predicted octanol–water partition coefficient (Wildman–Crippen LogP) is 18.8. The van der Waals surface area contributed by atoms with E-state index in [9.17, 15) is 0 Å². The average Bonchev–Trinajstić information content (AvgIpc) is 3.98. The van der Waals surface area contributed by atoms with Gasteiger partial charge in [0.15, 0.2) is 0 Å². The third-order valence-corrected chi connectivity index (χ3v) is 14.2. The molecule has 5 nitrogen and oxygen atoms in total. The molecule has 8 aromatic carbocycles. The summed E-state index contributed by atoms with van der Waals surface area (Å²) in [4.78, 5) is 14.2. The molecule has 75 heavy (non-hydrogen) atoms. The Morgan fingerprint density at radius 2 is 1.17 bits per heavy atom. The first-order valence-corrected chi connectivity index (χ1v) is 26.1. The molecule has 0 aliphatic rings. The zero-order chi connectivity index (χ0) is 52.1. The molecule has 11 aromatic rings. The summed E-state index contributed by atoms with van der Waals surface area (Å²) in [7, 11) is 0. The van der Waals surface area contributed by atoms with E-state index in [4.69, 9.17) is 9.40 Å². The van der Waals surface area contributed by atoms with E-state index in [1.807, 2.05) is 48.7 Å².